The predicted molar refractivity (Wildman–Crippen MR) is 127 cm³/mol. The highest BCUT2D eigenvalue weighted by Gasteiger charge is 2.30. The fraction of sp³-hybridized carbons (Fsp3) is 0.538. The van der Waals surface area contributed by atoms with E-state index in [9.17, 15) is 8.78 Å². The molecular weight excluding hydrogens is 378 g/mol. The molecule has 2 N–H and O–H groups in total. The Hall–Kier alpha value is -2.10. The van der Waals surface area contributed by atoms with Crippen molar-refractivity contribution in [3.63, 3.8) is 0 Å². The molecule has 3 aliphatic rings. The van der Waals surface area contributed by atoms with Crippen molar-refractivity contribution in [2.24, 2.45) is 5.92 Å². The zero-order chi connectivity index (χ0) is 22.8. The second-order valence-corrected chi connectivity index (χ2v) is 7.14. The van der Waals surface area contributed by atoms with Gasteiger partial charge in [0.05, 0.1) is 11.7 Å². The Labute approximate surface area is 182 Å². The van der Waals surface area contributed by atoms with E-state index >= 15 is 0 Å². The first-order valence-electron chi connectivity index (χ1n) is 11.5. The number of rotatable bonds is 2. The van der Waals surface area contributed by atoms with E-state index in [1.54, 1.807) is 18.2 Å². The van der Waals surface area contributed by atoms with Crippen LogP contribution in [0.4, 0.5) is 8.78 Å². The molecule has 2 heterocycles. The number of hydrogen-bond acceptors (Lipinski definition) is 1. The quantitative estimate of drug-likeness (QED) is 0.502. The minimum absolute atomic E-state index is 0.0796. The normalized spacial score (nSPS) is 20.7. The number of hydrogen-bond donors (Lipinski definition) is 2. The number of allylic oxidation sites excluding steroid dienone is 4. The number of H-pyrrole nitrogens is 1. The number of fused-ring (bicyclic) bond motifs is 2. The molecule has 0 saturated heterocycles. The Morgan fingerprint density at radius 1 is 1.03 bits per heavy atom. The van der Waals surface area contributed by atoms with Crippen LogP contribution in [0.25, 0.3) is 5.83 Å². The van der Waals surface area contributed by atoms with Gasteiger partial charge in [0.1, 0.15) is 11.7 Å². The van der Waals surface area contributed by atoms with E-state index in [1.807, 2.05) is 40.7 Å². The minimum atomic E-state index is -0.108. The van der Waals surface area contributed by atoms with Crippen molar-refractivity contribution in [1.29, 1.82) is 0 Å². The second kappa shape index (κ2) is 12.6. The molecule has 0 fully saturated rings. The van der Waals surface area contributed by atoms with Gasteiger partial charge >= 0.3 is 0 Å². The molecule has 30 heavy (non-hydrogen) atoms. The monoisotopic (exact) mass is 418 g/mol. The number of nitrogens with one attached hydrogen (secondary N) is 2. The zero-order valence-corrected chi connectivity index (χ0v) is 20.0. The van der Waals surface area contributed by atoms with Crippen molar-refractivity contribution < 1.29 is 8.78 Å². The van der Waals surface area contributed by atoms with Crippen LogP contribution < -0.4 is 5.32 Å². The molecule has 2 unspecified atom stereocenters. The predicted octanol–water partition coefficient (Wildman–Crippen LogP) is 7.88. The van der Waals surface area contributed by atoms with E-state index in [4.69, 9.17) is 0 Å². The van der Waals surface area contributed by atoms with E-state index in [2.05, 4.69) is 31.1 Å². The maximum absolute atomic E-state index is 13.3. The van der Waals surface area contributed by atoms with Crippen LogP contribution >= 0.6 is 0 Å². The summed E-state index contributed by atoms with van der Waals surface area (Å²) in [5.41, 5.74) is 6.90. The van der Waals surface area contributed by atoms with Crippen LogP contribution in [0.3, 0.4) is 0 Å². The molecule has 0 aromatic carbocycles. The summed E-state index contributed by atoms with van der Waals surface area (Å²) in [6, 6.07) is 0.287. The van der Waals surface area contributed by atoms with E-state index in [0.717, 1.165) is 37.1 Å². The van der Waals surface area contributed by atoms with Crippen LogP contribution in [-0.2, 0) is 12.8 Å². The summed E-state index contributed by atoms with van der Waals surface area (Å²) in [4.78, 5) is 3.12. The number of aromatic nitrogens is 1. The van der Waals surface area contributed by atoms with Crippen LogP contribution in [-0.4, -0.2) is 11.0 Å². The van der Waals surface area contributed by atoms with E-state index < -0.39 is 0 Å². The van der Waals surface area contributed by atoms with Gasteiger partial charge in [0.15, 0.2) is 0 Å². The highest BCUT2D eigenvalue weighted by atomic mass is 19.1. The van der Waals surface area contributed by atoms with E-state index in [-0.39, 0.29) is 23.6 Å². The van der Waals surface area contributed by atoms with Gasteiger partial charge in [-0.3, -0.25) is 0 Å². The van der Waals surface area contributed by atoms with Gasteiger partial charge in [-0.05, 0) is 74.5 Å². The number of aryl methyl sites for hydroxylation is 1. The fourth-order valence-corrected chi connectivity index (χ4v) is 4.31. The van der Waals surface area contributed by atoms with Crippen LogP contribution in [0.15, 0.2) is 41.4 Å². The first-order valence-corrected chi connectivity index (χ1v) is 11.5. The molecule has 1 aromatic rings. The molecule has 0 spiro atoms. The average Bonchev–Trinajstić information content (AvgIpc) is 3.26. The highest BCUT2D eigenvalue weighted by molar-refractivity contribution is 5.64. The standard InChI is InChI=1S/2C11H14FN.2C2H6/c1-3-9-7(2)13-11-5-4-8(12)6-10(9)11;1-3-8-7(2)13-11-9(8)5-4-6-10(11)12;2*1-2/h4-6,10-11,13H,3H2,1-2H3;6,13H,3-5H2,1-2H3;2*1-2H3. The Kier molecular flexibility index (Phi) is 10.9. The van der Waals surface area contributed by atoms with Crippen molar-refractivity contribution in [2.75, 3.05) is 0 Å². The van der Waals surface area contributed by atoms with Gasteiger partial charge in [-0.2, -0.15) is 0 Å². The Bertz CT molecular complexity index is 809. The Morgan fingerprint density at radius 2 is 1.70 bits per heavy atom. The summed E-state index contributed by atoms with van der Waals surface area (Å²) in [6.07, 6.45) is 10.6. The van der Waals surface area contributed by atoms with Crippen LogP contribution in [0.1, 0.15) is 83.8 Å². The molecular formula is C26H40F2N2. The third-order valence-corrected chi connectivity index (χ3v) is 5.58. The third-order valence-electron chi connectivity index (χ3n) is 5.58. The second-order valence-electron chi connectivity index (χ2n) is 7.14. The molecule has 1 aromatic heterocycles. The van der Waals surface area contributed by atoms with Crippen LogP contribution in [0.5, 0.6) is 0 Å². The lowest BCUT2D eigenvalue weighted by Crippen LogP contribution is -2.26. The molecule has 4 heteroatoms. The molecule has 168 valence electrons. The first-order chi connectivity index (χ1) is 14.5. The lowest BCUT2D eigenvalue weighted by Gasteiger charge is -2.18. The smallest absolute Gasteiger partial charge is 0.142 e. The van der Waals surface area contributed by atoms with Gasteiger partial charge in [-0.25, -0.2) is 8.78 Å². The fourth-order valence-electron chi connectivity index (χ4n) is 4.31. The topological polar surface area (TPSA) is 27.8 Å². The molecule has 2 aliphatic carbocycles. The van der Waals surface area contributed by atoms with Crippen molar-refractivity contribution in [1.82, 2.24) is 10.3 Å². The Balaban J connectivity index is 0.000000258. The van der Waals surface area contributed by atoms with Crippen LogP contribution in [0.2, 0.25) is 0 Å². The summed E-state index contributed by atoms with van der Waals surface area (Å²) < 4.78 is 26.3. The molecule has 0 amide bonds. The number of aromatic amines is 1. The van der Waals surface area contributed by atoms with Gasteiger partial charge in [-0.1, -0.05) is 47.6 Å². The molecule has 0 saturated carbocycles. The van der Waals surface area contributed by atoms with E-state index in [1.165, 1.54) is 22.4 Å². The molecule has 4 rings (SSSR count). The van der Waals surface area contributed by atoms with Gasteiger partial charge in [0.2, 0.25) is 0 Å². The summed E-state index contributed by atoms with van der Waals surface area (Å²) in [7, 11) is 0. The minimum Gasteiger partial charge on any atom is -0.381 e. The number of halogens is 2. The molecule has 2 atom stereocenters. The zero-order valence-electron chi connectivity index (χ0n) is 20.0. The maximum atomic E-state index is 13.3. The van der Waals surface area contributed by atoms with Gasteiger partial charge in [0.25, 0.3) is 0 Å². The van der Waals surface area contributed by atoms with Crippen LogP contribution in [0, 0.1) is 12.8 Å². The maximum Gasteiger partial charge on any atom is 0.142 e. The SMILES string of the molecule is CC.CC.CCC1=C(C)NC2C=CC(F)=CC12.CCc1c(C)[nH]c2c1CCC=C2F. The molecule has 2 nitrogen and oxygen atoms in total. The van der Waals surface area contributed by atoms with Gasteiger partial charge < -0.3 is 10.3 Å². The van der Waals surface area contributed by atoms with Crippen molar-refractivity contribution >= 4 is 5.83 Å². The lowest BCUT2D eigenvalue weighted by molar-refractivity contribution is 0.571. The molecule has 0 bridgehead atoms. The van der Waals surface area contributed by atoms with Gasteiger partial charge in [-0.15, -0.1) is 0 Å². The highest BCUT2D eigenvalue weighted by Crippen LogP contribution is 2.34. The average molecular weight is 419 g/mol. The first kappa shape index (κ1) is 25.9. The lowest BCUT2D eigenvalue weighted by atomic mass is 9.89. The molecule has 0 radical (unpaired) electrons. The molecule has 1 aliphatic heterocycles. The summed E-state index contributed by atoms with van der Waals surface area (Å²) in [5.74, 6) is 0.0581. The summed E-state index contributed by atoms with van der Waals surface area (Å²) in [5, 5.41) is 3.36. The Morgan fingerprint density at radius 3 is 2.30 bits per heavy atom. The van der Waals surface area contributed by atoms with Crippen molar-refractivity contribution in [3.8, 4) is 0 Å². The van der Waals surface area contributed by atoms with Crippen molar-refractivity contribution in [2.45, 2.75) is 87.1 Å². The largest absolute Gasteiger partial charge is 0.381 e. The van der Waals surface area contributed by atoms with E-state index in [0.29, 0.717) is 0 Å². The third kappa shape index (κ3) is 5.74. The van der Waals surface area contributed by atoms with Crippen molar-refractivity contribution in [3.05, 3.63) is 63.9 Å². The summed E-state index contributed by atoms with van der Waals surface area (Å²) in [6.45, 7) is 16.3. The van der Waals surface area contributed by atoms with Gasteiger partial charge in [0, 0.05) is 17.3 Å². The summed E-state index contributed by atoms with van der Waals surface area (Å²) >= 11 is 0.